The third kappa shape index (κ3) is 1.99. The third-order valence-electron chi connectivity index (χ3n) is 1.33. The van der Waals surface area contributed by atoms with Crippen LogP contribution in [0.15, 0.2) is 22.7 Å². The van der Waals surface area contributed by atoms with Gasteiger partial charge in [0.1, 0.15) is 0 Å². The second kappa shape index (κ2) is 3.40. The van der Waals surface area contributed by atoms with E-state index in [9.17, 15) is 0 Å². The van der Waals surface area contributed by atoms with Gasteiger partial charge >= 0.3 is 0 Å². The molecule has 0 atom stereocenters. The van der Waals surface area contributed by atoms with Crippen molar-refractivity contribution in [1.82, 2.24) is 0 Å². The zero-order valence-corrected chi connectivity index (χ0v) is 8.04. The van der Waals surface area contributed by atoms with Crippen molar-refractivity contribution in [2.45, 2.75) is 13.3 Å². The molecule has 0 aliphatic heterocycles. The molecule has 0 radical (unpaired) electrons. The molecule has 0 unspecified atom stereocenters. The Labute approximate surface area is 74.3 Å². The van der Waals surface area contributed by atoms with E-state index < -0.39 is 0 Å². The Morgan fingerprint density at radius 3 is 2.60 bits per heavy atom. The van der Waals surface area contributed by atoms with Crippen molar-refractivity contribution < 1.29 is 0 Å². The van der Waals surface area contributed by atoms with Crippen LogP contribution in [0.25, 0.3) is 0 Å². The standard InChI is InChI=1S/C8H8BrCl/c1-2-6-3-7(9)5-8(10)4-6/h3-5H,2H2,1H3. The van der Waals surface area contributed by atoms with Gasteiger partial charge in [0.15, 0.2) is 0 Å². The lowest BCUT2D eigenvalue weighted by Crippen LogP contribution is -1.78. The summed E-state index contributed by atoms with van der Waals surface area (Å²) >= 11 is 9.17. The molecule has 0 saturated heterocycles. The van der Waals surface area contributed by atoms with Crippen LogP contribution >= 0.6 is 27.5 Å². The quantitative estimate of drug-likeness (QED) is 0.676. The highest BCUT2D eigenvalue weighted by Gasteiger charge is 1.93. The van der Waals surface area contributed by atoms with Gasteiger partial charge in [0.25, 0.3) is 0 Å². The first-order valence-electron chi connectivity index (χ1n) is 3.17. The molecule has 0 aliphatic carbocycles. The van der Waals surface area contributed by atoms with E-state index in [0.29, 0.717) is 0 Å². The SMILES string of the molecule is CCc1cc(Cl)cc(Br)c1. The predicted molar refractivity (Wildman–Crippen MR) is 48.5 cm³/mol. The zero-order valence-electron chi connectivity index (χ0n) is 5.70. The number of aryl methyl sites for hydroxylation is 1. The number of hydrogen-bond donors (Lipinski definition) is 0. The minimum atomic E-state index is 0.797. The highest BCUT2D eigenvalue weighted by molar-refractivity contribution is 9.10. The van der Waals surface area contributed by atoms with Crippen molar-refractivity contribution in [1.29, 1.82) is 0 Å². The lowest BCUT2D eigenvalue weighted by molar-refractivity contribution is 1.14. The van der Waals surface area contributed by atoms with E-state index >= 15 is 0 Å². The summed E-state index contributed by atoms with van der Waals surface area (Å²) in [6.45, 7) is 2.11. The maximum Gasteiger partial charge on any atom is 0.0419 e. The van der Waals surface area contributed by atoms with Crippen LogP contribution in [0, 0.1) is 0 Å². The Kier molecular flexibility index (Phi) is 2.75. The first kappa shape index (κ1) is 8.09. The third-order valence-corrected chi connectivity index (χ3v) is 2.01. The first-order chi connectivity index (χ1) is 4.72. The topological polar surface area (TPSA) is 0 Å². The lowest BCUT2D eigenvalue weighted by Gasteiger charge is -1.97. The summed E-state index contributed by atoms with van der Waals surface area (Å²) in [5.41, 5.74) is 1.26. The van der Waals surface area contributed by atoms with Crippen LogP contribution in [-0.4, -0.2) is 0 Å². The van der Waals surface area contributed by atoms with Gasteiger partial charge in [0.05, 0.1) is 0 Å². The second-order valence-corrected chi connectivity index (χ2v) is 3.48. The molecule has 1 aromatic carbocycles. The average Bonchev–Trinajstić information content (AvgIpc) is 1.85. The maximum absolute atomic E-state index is 5.80. The van der Waals surface area contributed by atoms with E-state index in [4.69, 9.17) is 11.6 Å². The molecule has 2 heteroatoms. The Bertz CT molecular complexity index is 212. The van der Waals surface area contributed by atoms with Crippen LogP contribution in [0.5, 0.6) is 0 Å². The molecule has 1 aromatic rings. The smallest absolute Gasteiger partial charge is 0.0419 e. The zero-order chi connectivity index (χ0) is 7.56. The Morgan fingerprint density at radius 2 is 2.10 bits per heavy atom. The summed E-state index contributed by atoms with van der Waals surface area (Å²) in [6, 6.07) is 5.94. The van der Waals surface area contributed by atoms with Crippen molar-refractivity contribution in [2.75, 3.05) is 0 Å². The van der Waals surface area contributed by atoms with Gasteiger partial charge in [-0.05, 0) is 30.2 Å². The molecule has 0 heterocycles. The average molecular weight is 220 g/mol. The molecule has 0 aromatic heterocycles. The number of hydrogen-bond acceptors (Lipinski definition) is 0. The van der Waals surface area contributed by atoms with Gasteiger partial charge in [-0.15, -0.1) is 0 Å². The molecule has 0 saturated carbocycles. The van der Waals surface area contributed by atoms with Crippen LogP contribution in [0.3, 0.4) is 0 Å². The Morgan fingerprint density at radius 1 is 1.40 bits per heavy atom. The van der Waals surface area contributed by atoms with Crippen molar-refractivity contribution >= 4 is 27.5 Å². The van der Waals surface area contributed by atoms with Crippen LogP contribution in [0.4, 0.5) is 0 Å². The monoisotopic (exact) mass is 218 g/mol. The molecule has 0 spiro atoms. The van der Waals surface area contributed by atoms with E-state index in [1.807, 2.05) is 12.1 Å². The van der Waals surface area contributed by atoms with Crippen molar-refractivity contribution in [2.24, 2.45) is 0 Å². The summed E-state index contributed by atoms with van der Waals surface area (Å²) in [6.07, 6.45) is 1.03. The van der Waals surface area contributed by atoms with Gasteiger partial charge in [-0.2, -0.15) is 0 Å². The molecular weight excluding hydrogens is 211 g/mol. The van der Waals surface area contributed by atoms with Crippen molar-refractivity contribution in [3.63, 3.8) is 0 Å². The van der Waals surface area contributed by atoms with E-state index in [1.54, 1.807) is 0 Å². The summed E-state index contributed by atoms with van der Waals surface area (Å²) in [5, 5.41) is 0.797. The number of rotatable bonds is 1. The van der Waals surface area contributed by atoms with Gasteiger partial charge in [-0.3, -0.25) is 0 Å². The van der Waals surface area contributed by atoms with Crippen molar-refractivity contribution in [3.05, 3.63) is 33.3 Å². The fourth-order valence-electron chi connectivity index (χ4n) is 0.815. The second-order valence-electron chi connectivity index (χ2n) is 2.13. The summed E-state index contributed by atoms with van der Waals surface area (Å²) in [5.74, 6) is 0. The molecule has 0 N–H and O–H groups in total. The van der Waals surface area contributed by atoms with E-state index in [-0.39, 0.29) is 0 Å². The molecule has 0 bridgehead atoms. The lowest BCUT2D eigenvalue weighted by atomic mass is 10.2. The van der Waals surface area contributed by atoms with E-state index in [2.05, 4.69) is 28.9 Å². The normalized spacial score (nSPS) is 9.90. The van der Waals surface area contributed by atoms with Crippen LogP contribution in [0.1, 0.15) is 12.5 Å². The van der Waals surface area contributed by atoms with Gasteiger partial charge in [-0.1, -0.05) is 34.5 Å². The highest BCUT2D eigenvalue weighted by atomic mass is 79.9. The van der Waals surface area contributed by atoms with Gasteiger partial charge in [-0.25, -0.2) is 0 Å². The minimum Gasteiger partial charge on any atom is -0.0843 e. The fraction of sp³-hybridized carbons (Fsp3) is 0.250. The minimum absolute atomic E-state index is 0.797. The highest BCUT2D eigenvalue weighted by Crippen LogP contribution is 2.19. The molecule has 10 heavy (non-hydrogen) atoms. The summed E-state index contributed by atoms with van der Waals surface area (Å²) in [7, 11) is 0. The van der Waals surface area contributed by atoms with Crippen LogP contribution in [-0.2, 0) is 6.42 Å². The molecule has 54 valence electrons. The molecular formula is C8H8BrCl. The Balaban J connectivity index is 3.06. The van der Waals surface area contributed by atoms with Gasteiger partial charge < -0.3 is 0 Å². The molecule has 0 amide bonds. The maximum atomic E-state index is 5.80. The Hall–Kier alpha value is -0.0100. The fourth-order valence-corrected chi connectivity index (χ4v) is 1.75. The summed E-state index contributed by atoms with van der Waals surface area (Å²) in [4.78, 5) is 0. The van der Waals surface area contributed by atoms with Gasteiger partial charge in [0.2, 0.25) is 0 Å². The van der Waals surface area contributed by atoms with Crippen LogP contribution in [0.2, 0.25) is 5.02 Å². The molecule has 0 fully saturated rings. The van der Waals surface area contributed by atoms with E-state index in [0.717, 1.165) is 15.9 Å². The largest absolute Gasteiger partial charge is 0.0843 e. The molecule has 0 aliphatic rings. The van der Waals surface area contributed by atoms with Crippen molar-refractivity contribution in [3.8, 4) is 0 Å². The number of benzene rings is 1. The predicted octanol–water partition coefficient (Wildman–Crippen LogP) is 3.66. The van der Waals surface area contributed by atoms with Gasteiger partial charge in [0, 0.05) is 9.50 Å². The molecule has 0 nitrogen and oxygen atoms in total. The first-order valence-corrected chi connectivity index (χ1v) is 4.34. The van der Waals surface area contributed by atoms with Crippen LogP contribution < -0.4 is 0 Å². The van der Waals surface area contributed by atoms with E-state index in [1.165, 1.54) is 5.56 Å². The number of halogens is 2. The summed E-state index contributed by atoms with van der Waals surface area (Å²) < 4.78 is 1.05. The molecule has 1 rings (SSSR count).